The number of anilines is 2. The molecule has 0 aromatic heterocycles. The summed E-state index contributed by atoms with van der Waals surface area (Å²) in [6.07, 6.45) is 3.31. The summed E-state index contributed by atoms with van der Waals surface area (Å²) in [5.41, 5.74) is 0.455. The Kier molecular flexibility index (Phi) is 6.06. The molecular formula is C23H24ClFN4O3. The van der Waals surface area contributed by atoms with E-state index in [1.165, 1.54) is 37.6 Å². The second-order valence-electron chi connectivity index (χ2n) is 8.21. The summed E-state index contributed by atoms with van der Waals surface area (Å²) in [6, 6.07) is 9.93. The van der Waals surface area contributed by atoms with Gasteiger partial charge in [0.1, 0.15) is 17.9 Å². The number of nitrogens with one attached hydrogen (secondary N) is 2. The van der Waals surface area contributed by atoms with E-state index >= 15 is 0 Å². The van der Waals surface area contributed by atoms with Crippen LogP contribution in [0.4, 0.5) is 20.6 Å². The van der Waals surface area contributed by atoms with Gasteiger partial charge in [0.05, 0.1) is 11.4 Å². The van der Waals surface area contributed by atoms with Gasteiger partial charge in [-0.2, -0.15) is 0 Å². The number of amides is 4. The lowest BCUT2D eigenvalue weighted by Crippen LogP contribution is -2.42. The van der Waals surface area contributed by atoms with Gasteiger partial charge in [0, 0.05) is 18.1 Å². The van der Waals surface area contributed by atoms with Crippen molar-refractivity contribution in [3.05, 3.63) is 58.9 Å². The number of urea groups is 1. The van der Waals surface area contributed by atoms with E-state index in [4.69, 9.17) is 11.6 Å². The van der Waals surface area contributed by atoms with Crippen molar-refractivity contribution in [2.24, 2.45) is 0 Å². The second-order valence-corrected chi connectivity index (χ2v) is 8.65. The molecule has 2 aliphatic heterocycles. The zero-order valence-corrected chi connectivity index (χ0v) is 18.4. The van der Waals surface area contributed by atoms with Crippen LogP contribution < -0.4 is 15.5 Å². The van der Waals surface area contributed by atoms with Gasteiger partial charge in [-0.15, -0.1) is 0 Å². The highest BCUT2D eigenvalue weighted by Gasteiger charge is 2.49. The fraction of sp³-hybridized carbons (Fsp3) is 0.348. The van der Waals surface area contributed by atoms with E-state index in [0.717, 1.165) is 36.5 Å². The molecular weight excluding hydrogens is 435 g/mol. The minimum atomic E-state index is -1.37. The molecule has 0 aliphatic carbocycles. The zero-order valence-electron chi connectivity index (χ0n) is 17.7. The van der Waals surface area contributed by atoms with Crippen molar-refractivity contribution in [2.75, 3.05) is 29.9 Å². The van der Waals surface area contributed by atoms with Crippen LogP contribution in [0.1, 0.15) is 31.7 Å². The van der Waals surface area contributed by atoms with Crippen molar-refractivity contribution in [1.82, 2.24) is 10.2 Å². The number of benzene rings is 2. The molecule has 0 spiro atoms. The third-order valence-corrected chi connectivity index (χ3v) is 6.16. The molecule has 4 rings (SSSR count). The maximum atomic E-state index is 13.3. The van der Waals surface area contributed by atoms with Gasteiger partial charge in [-0.1, -0.05) is 23.7 Å². The molecule has 7 nitrogen and oxygen atoms in total. The number of piperidine rings is 1. The normalized spacial score (nSPS) is 21.0. The third kappa shape index (κ3) is 4.27. The Hall–Kier alpha value is -3.13. The van der Waals surface area contributed by atoms with E-state index < -0.39 is 35.7 Å². The molecule has 1 unspecified atom stereocenters. The number of imide groups is 1. The standard InChI is InChI=1S/C23H24ClFN4O3/c1-23(15-5-8-17(25)9-6-15)21(31)29(22(32)27-23)14-20(30)26-18-13-16(24)7-10-19(18)28-11-3-2-4-12-28/h5-10,13H,2-4,11-12,14H2,1H3,(H,26,30)(H,27,32). The molecule has 2 saturated heterocycles. The van der Waals surface area contributed by atoms with Crippen LogP contribution >= 0.6 is 11.6 Å². The maximum Gasteiger partial charge on any atom is 0.325 e. The highest BCUT2D eigenvalue weighted by atomic mass is 35.5. The van der Waals surface area contributed by atoms with E-state index in [1.54, 1.807) is 12.1 Å². The minimum Gasteiger partial charge on any atom is -0.370 e. The van der Waals surface area contributed by atoms with Crippen LogP contribution in [-0.4, -0.2) is 42.4 Å². The Morgan fingerprint density at radius 1 is 1.12 bits per heavy atom. The highest BCUT2D eigenvalue weighted by molar-refractivity contribution is 6.31. The molecule has 2 fully saturated rings. The number of rotatable bonds is 5. The van der Waals surface area contributed by atoms with Crippen molar-refractivity contribution in [1.29, 1.82) is 0 Å². The summed E-state index contributed by atoms with van der Waals surface area (Å²) in [6.45, 7) is 2.85. The molecule has 1 atom stereocenters. The first-order chi connectivity index (χ1) is 15.3. The minimum absolute atomic E-state index is 0.433. The van der Waals surface area contributed by atoms with Gasteiger partial charge < -0.3 is 15.5 Å². The lowest BCUT2D eigenvalue weighted by atomic mass is 9.92. The number of halogens is 2. The molecule has 2 aliphatic rings. The molecule has 2 N–H and O–H groups in total. The summed E-state index contributed by atoms with van der Waals surface area (Å²) in [5, 5.41) is 5.89. The van der Waals surface area contributed by atoms with Gasteiger partial charge in [0.25, 0.3) is 5.91 Å². The van der Waals surface area contributed by atoms with Crippen molar-refractivity contribution in [2.45, 2.75) is 31.7 Å². The Morgan fingerprint density at radius 2 is 1.81 bits per heavy atom. The maximum absolute atomic E-state index is 13.3. The van der Waals surface area contributed by atoms with Gasteiger partial charge in [-0.25, -0.2) is 9.18 Å². The Bertz CT molecular complexity index is 1060. The molecule has 2 aromatic rings. The summed E-state index contributed by atoms with van der Waals surface area (Å²) in [4.78, 5) is 41.4. The first-order valence-corrected chi connectivity index (χ1v) is 10.9. The van der Waals surface area contributed by atoms with Crippen molar-refractivity contribution in [3.8, 4) is 0 Å². The van der Waals surface area contributed by atoms with Gasteiger partial charge >= 0.3 is 6.03 Å². The first kappa shape index (κ1) is 22.1. The van der Waals surface area contributed by atoms with Gasteiger partial charge in [-0.3, -0.25) is 14.5 Å². The van der Waals surface area contributed by atoms with E-state index in [9.17, 15) is 18.8 Å². The molecule has 2 heterocycles. The summed E-state index contributed by atoms with van der Waals surface area (Å²) in [7, 11) is 0. The van der Waals surface area contributed by atoms with Gasteiger partial charge in [-0.05, 0) is 62.1 Å². The molecule has 9 heteroatoms. The average Bonchev–Trinajstić information content (AvgIpc) is 2.98. The number of carbonyl (C=O) groups is 3. The van der Waals surface area contributed by atoms with Crippen LogP contribution in [0.2, 0.25) is 5.02 Å². The number of carbonyl (C=O) groups excluding carboxylic acids is 3. The Balaban J connectivity index is 1.50. The quantitative estimate of drug-likeness (QED) is 0.666. The summed E-state index contributed by atoms with van der Waals surface area (Å²) < 4.78 is 13.3. The van der Waals surface area contributed by atoms with Crippen LogP contribution in [-0.2, 0) is 15.1 Å². The molecule has 0 radical (unpaired) electrons. The number of hydrogen-bond acceptors (Lipinski definition) is 4. The van der Waals surface area contributed by atoms with E-state index in [0.29, 0.717) is 16.3 Å². The second kappa shape index (κ2) is 8.78. The summed E-state index contributed by atoms with van der Waals surface area (Å²) in [5.74, 6) is -1.54. The summed E-state index contributed by atoms with van der Waals surface area (Å²) >= 11 is 6.15. The number of hydrogen-bond donors (Lipinski definition) is 2. The Labute approximate surface area is 190 Å². The van der Waals surface area contributed by atoms with Crippen LogP contribution in [0.5, 0.6) is 0 Å². The fourth-order valence-electron chi connectivity index (χ4n) is 4.17. The lowest BCUT2D eigenvalue weighted by Gasteiger charge is -2.30. The Morgan fingerprint density at radius 3 is 2.50 bits per heavy atom. The van der Waals surface area contributed by atoms with Crippen LogP contribution in [0.25, 0.3) is 0 Å². The molecule has 168 valence electrons. The SMILES string of the molecule is CC1(c2ccc(F)cc2)NC(=O)N(CC(=O)Nc2cc(Cl)ccc2N2CCCCC2)C1=O. The lowest BCUT2D eigenvalue weighted by molar-refractivity contribution is -0.133. The van der Waals surface area contributed by atoms with Gasteiger partial charge in [0.15, 0.2) is 0 Å². The predicted octanol–water partition coefficient (Wildman–Crippen LogP) is 3.88. The topological polar surface area (TPSA) is 81.8 Å². The third-order valence-electron chi connectivity index (χ3n) is 5.93. The van der Waals surface area contributed by atoms with E-state index in [2.05, 4.69) is 15.5 Å². The number of nitrogens with zero attached hydrogens (tertiary/aromatic N) is 2. The molecule has 4 amide bonds. The van der Waals surface area contributed by atoms with Crippen LogP contribution in [0.3, 0.4) is 0 Å². The van der Waals surface area contributed by atoms with Crippen LogP contribution in [0.15, 0.2) is 42.5 Å². The van der Waals surface area contributed by atoms with Crippen molar-refractivity contribution in [3.63, 3.8) is 0 Å². The van der Waals surface area contributed by atoms with Gasteiger partial charge in [0.2, 0.25) is 5.91 Å². The molecule has 2 aromatic carbocycles. The van der Waals surface area contributed by atoms with Crippen LogP contribution in [0, 0.1) is 5.82 Å². The monoisotopic (exact) mass is 458 g/mol. The smallest absolute Gasteiger partial charge is 0.325 e. The zero-order chi connectivity index (χ0) is 22.9. The molecule has 0 bridgehead atoms. The highest BCUT2D eigenvalue weighted by Crippen LogP contribution is 2.32. The first-order valence-electron chi connectivity index (χ1n) is 10.5. The molecule has 0 saturated carbocycles. The largest absolute Gasteiger partial charge is 0.370 e. The average molecular weight is 459 g/mol. The van der Waals surface area contributed by atoms with Crippen molar-refractivity contribution < 1.29 is 18.8 Å². The van der Waals surface area contributed by atoms with E-state index in [-0.39, 0.29) is 0 Å². The predicted molar refractivity (Wildman–Crippen MR) is 120 cm³/mol. The van der Waals surface area contributed by atoms with Crippen molar-refractivity contribution >= 4 is 40.8 Å². The molecule has 32 heavy (non-hydrogen) atoms. The fourth-order valence-corrected chi connectivity index (χ4v) is 4.34. The van der Waals surface area contributed by atoms with E-state index in [1.807, 2.05) is 6.07 Å².